The Morgan fingerprint density at radius 1 is 1.03 bits per heavy atom. The number of fused-ring (bicyclic) bond motifs is 1. The third-order valence-corrected chi connectivity index (χ3v) is 4.22. The summed E-state index contributed by atoms with van der Waals surface area (Å²) in [4.78, 5) is 35.7. The third-order valence-electron chi connectivity index (χ3n) is 4.22. The molecule has 0 saturated heterocycles. The van der Waals surface area contributed by atoms with Crippen molar-refractivity contribution in [2.75, 3.05) is 25.6 Å². The van der Waals surface area contributed by atoms with E-state index in [4.69, 9.17) is 14.2 Å². The molecule has 0 fully saturated rings. The fourth-order valence-corrected chi connectivity index (χ4v) is 2.64. The quantitative estimate of drug-likeness (QED) is 0.576. The van der Waals surface area contributed by atoms with Gasteiger partial charge in [-0.2, -0.15) is 0 Å². The third kappa shape index (κ3) is 5.38. The number of amides is 1. The standard InChI is InChI=1S/C22H21NO7/c1-14(21(25)23-17-8-9-18-19(13-17)29-12-11-28-18)30-20(24)10-5-15-3-6-16(7-4-15)22(26)27-2/h3-10,13-14H,11-12H2,1-2H3,(H,23,25)/b10-5+/t14-/m0/s1. The lowest BCUT2D eigenvalue weighted by atomic mass is 10.1. The molecular weight excluding hydrogens is 390 g/mol. The van der Waals surface area contributed by atoms with Crippen molar-refractivity contribution in [2.45, 2.75) is 13.0 Å². The van der Waals surface area contributed by atoms with Gasteiger partial charge in [-0.15, -0.1) is 0 Å². The first-order valence-electron chi connectivity index (χ1n) is 9.24. The van der Waals surface area contributed by atoms with Gasteiger partial charge in [-0.3, -0.25) is 4.79 Å². The van der Waals surface area contributed by atoms with Crippen LogP contribution < -0.4 is 14.8 Å². The molecule has 0 aliphatic carbocycles. The lowest BCUT2D eigenvalue weighted by Gasteiger charge is -2.19. The van der Waals surface area contributed by atoms with Crippen LogP contribution in [0.15, 0.2) is 48.5 Å². The van der Waals surface area contributed by atoms with Gasteiger partial charge in [0.15, 0.2) is 17.6 Å². The van der Waals surface area contributed by atoms with Crippen LogP contribution in [0.1, 0.15) is 22.8 Å². The molecule has 0 aromatic heterocycles. The van der Waals surface area contributed by atoms with Gasteiger partial charge in [-0.25, -0.2) is 9.59 Å². The second-order valence-electron chi connectivity index (χ2n) is 6.37. The number of anilines is 1. The van der Waals surface area contributed by atoms with E-state index < -0.39 is 23.9 Å². The summed E-state index contributed by atoms with van der Waals surface area (Å²) in [5, 5.41) is 2.67. The summed E-state index contributed by atoms with van der Waals surface area (Å²) >= 11 is 0. The molecule has 1 atom stereocenters. The van der Waals surface area contributed by atoms with Crippen LogP contribution in [0.2, 0.25) is 0 Å². The number of esters is 2. The molecule has 156 valence electrons. The van der Waals surface area contributed by atoms with E-state index in [0.29, 0.717) is 41.5 Å². The molecule has 2 aromatic carbocycles. The minimum absolute atomic E-state index is 0.404. The smallest absolute Gasteiger partial charge is 0.337 e. The molecule has 8 heteroatoms. The van der Waals surface area contributed by atoms with Crippen LogP contribution in [0.3, 0.4) is 0 Å². The van der Waals surface area contributed by atoms with Crippen LogP contribution in [0.4, 0.5) is 5.69 Å². The first-order valence-corrected chi connectivity index (χ1v) is 9.24. The Labute approximate surface area is 173 Å². The molecule has 1 N–H and O–H groups in total. The molecule has 0 spiro atoms. The Morgan fingerprint density at radius 3 is 2.43 bits per heavy atom. The van der Waals surface area contributed by atoms with Gasteiger partial charge >= 0.3 is 11.9 Å². The summed E-state index contributed by atoms with van der Waals surface area (Å²) in [6.45, 7) is 2.40. The van der Waals surface area contributed by atoms with Crippen LogP contribution >= 0.6 is 0 Å². The van der Waals surface area contributed by atoms with E-state index in [1.54, 1.807) is 42.5 Å². The maximum Gasteiger partial charge on any atom is 0.337 e. The average molecular weight is 411 g/mol. The second kappa shape index (κ2) is 9.60. The lowest BCUT2D eigenvalue weighted by Crippen LogP contribution is -2.29. The van der Waals surface area contributed by atoms with Gasteiger partial charge in [0, 0.05) is 17.8 Å². The molecule has 0 bridgehead atoms. The Kier molecular flexibility index (Phi) is 6.69. The monoisotopic (exact) mass is 411 g/mol. The number of benzene rings is 2. The minimum atomic E-state index is -1.00. The highest BCUT2D eigenvalue weighted by molar-refractivity contribution is 5.97. The van der Waals surface area contributed by atoms with Crippen LogP contribution in [-0.2, 0) is 19.1 Å². The number of nitrogens with one attached hydrogen (secondary N) is 1. The van der Waals surface area contributed by atoms with E-state index in [2.05, 4.69) is 10.1 Å². The lowest BCUT2D eigenvalue weighted by molar-refractivity contribution is -0.148. The zero-order valence-electron chi connectivity index (χ0n) is 16.5. The largest absolute Gasteiger partial charge is 0.486 e. The molecule has 2 aromatic rings. The van der Waals surface area contributed by atoms with E-state index in [1.165, 1.54) is 26.2 Å². The van der Waals surface area contributed by atoms with Crippen molar-refractivity contribution < 1.29 is 33.3 Å². The number of methoxy groups -OCH3 is 1. The maximum atomic E-state index is 12.3. The maximum absolute atomic E-state index is 12.3. The summed E-state index contributed by atoms with van der Waals surface area (Å²) in [5.41, 5.74) is 1.60. The van der Waals surface area contributed by atoms with E-state index in [1.807, 2.05) is 0 Å². The second-order valence-corrected chi connectivity index (χ2v) is 6.37. The average Bonchev–Trinajstić information content (AvgIpc) is 2.77. The predicted molar refractivity (Wildman–Crippen MR) is 108 cm³/mol. The van der Waals surface area contributed by atoms with Crippen molar-refractivity contribution in [1.29, 1.82) is 0 Å². The van der Waals surface area contributed by atoms with Gasteiger partial charge in [-0.05, 0) is 42.8 Å². The fourth-order valence-electron chi connectivity index (χ4n) is 2.64. The Bertz CT molecular complexity index is 966. The molecule has 8 nitrogen and oxygen atoms in total. The van der Waals surface area contributed by atoms with Gasteiger partial charge in [0.2, 0.25) is 0 Å². The molecule has 3 rings (SSSR count). The topological polar surface area (TPSA) is 100 Å². The van der Waals surface area contributed by atoms with E-state index >= 15 is 0 Å². The highest BCUT2D eigenvalue weighted by Gasteiger charge is 2.18. The van der Waals surface area contributed by atoms with Crippen LogP contribution in [-0.4, -0.2) is 44.3 Å². The van der Waals surface area contributed by atoms with Crippen LogP contribution in [0, 0.1) is 0 Å². The van der Waals surface area contributed by atoms with Crippen molar-refractivity contribution in [3.8, 4) is 11.5 Å². The Hall–Kier alpha value is -3.81. The molecule has 0 unspecified atom stereocenters. The fraction of sp³-hybridized carbons (Fsp3) is 0.227. The molecule has 1 aliphatic heterocycles. The van der Waals surface area contributed by atoms with Gasteiger partial charge in [-0.1, -0.05) is 12.1 Å². The molecule has 30 heavy (non-hydrogen) atoms. The highest BCUT2D eigenvalue weighted by Crippen LogP contribution is 2.32. The summed E-state index contributed by atoms with van der Waals surface area (Å²) in [5.74, 6) is -0.427. The van der Waals surface area contributed by atoms with Crippen molar-refractivity contribution in [2.24, 2.45) is 0 Å². The normalized spacial score (nSPS) is 13.4. The molecule has 1 aliphatic rings. The number of carbonyl (C=O) groups is 3. The van der Waals surface area contributed by atoms with E-state index in [9.17, 15) is 14.4 Å². The Balaban J connectivity index is 1.52. The van der Waals surface area contributed by atoms with Gasteiger partial charge in [0.25, 0.3) is 5.91 Å². The molecule has 1 heterocycles. The summed E-state index contributed by atoms with van der Waals surface area (Å²) < 4.78 is 20.7. The van der Waals surface area contributed by atoms with Gasteiger partial charge < -0.3 is 24.3 Å². The molecular formula is C22H21NO7. The van der Waals surface area contributed by atoms with Crippen molar-refractivity contribution in [1.82, 2.24) is 0 Å². The van der Waals surface area contributed by atoms with Crippen molar-refractivity contribution in [3.05, 3.63) is 59.7 Å². The van der Waals surface area contributed by atoms with Crippen molar-refractivity contribution >= 4 is 29.6 Å². The number of hydrogen-bond donors (Lipinski definition) is 1. The van der Waals surface area contributed by atoms with Crippen LogP contribution in [0.25, 0.3) is 6.08 Å². The zero-order chi connectivity index (χ0) is 21.5. The SMILES string of the molecule is COC(=O)c1ccc(/C=C/C(=O)O[C@@H](C)C(=O)Nc2ccc3c(c2)OCCO3)cc1. The molecule has 1 amide bonds. The first kappa shape index (κ1) is 20.9. The number of rotatable bonds is 6. The predicted octanol–water partition coefficient (Wildman–Crippen LogP) is 2.83. The highest BCUT2D eigenvalue weighted by atomic mass is 16.6. The number of ether oxygens (including phenoxy) is 4. The summed E-state index contributed by atoms with van der Waals surface area (Å²) in [6.07, 6.45) is 1.73. The van der Waals surface area contributed by atoms with E-state index in [0.717, 1.165) is 0 Å². The summed E-state index contributed by atoms with van der Waals surface area (Å²) in [7, 11) is 1.30. The van der Waals surface area contributed by atoms with Crippen molar-refractivity contribution in [3.63, 3.8) is 0 Å². The van der Waals surface area contributed by atoms with Gasteiger partial charge in [0.05, 0.1) is 12.7 Å². The van der Waals surface area contributed by atoms with E-state index in [-0.39, 0.29) is 0 Å². The molecule has 0 radical (unpaired) electrons. The van der Waals surface area contributed by atoms with Crippen LogP contribution in [0.5, 0.6) is 11.5 Å². The van der Waals surface area contributed by atoms with Gasteiger partial charge in [0.1, 0.15) is 13.2 Å². The summed E-state index contributed by atoms with van der Waals surface area (Å²) in [6, 6.07) is 11.5. The first-order chi connectivity index (χ1) is 14.5. The minimum Gasteiger partial charge on any atom is -0.486 e. The molecule has 0 saturated carbocycles. The zero-order valence-corrected chi connectivity index (χ0v) is 16.5. The number of carbonyl (C=O) groups excluding carboxylic acids is 3. The number of hydrogen-bond acceptors (Lipinski definition) is 7. The Morgan fingerprint density at radius 2 is 1.73 bits per heavy atom.